The Morgan fingerprint density at radius 2 is 1.85 bits per heavy atom. The highest BCUT2D eigenvalue weighted by Gasteiger charge is 2.11. The minimum absolute atomic E-state index is 0.208. The maximum Gasteiger partial charge on any atom is 0.258 e. The fourth-order valence-electron chi connectivity index (χ4n) is 3.25. The van der Waals surface area contributed by atoms with Crippen LogP contribution < -0.4 is 15.0 Å². The second-order valence-electron chi connectivity index (χ2n) is 6.40. The third-order valence-electron chi connectivity index (χ3n) is 4.60. The van der Waals surface area contributed by atoms with Crippen molar-refractivity contribution >= 4 is 21.8 Å². The van der Waals surface area contributed by atoms with E-state index in [2.05, 4.69) is 21.0 Å². The molecule has 0 bridgehead atoms. The first kappa shape index (κ1) is 17.0. The van der Waals surface area contributed by atoms with Gasteiger partial charge in [-0.3, -0.25) is 9.78 Å². The van der Waals surface area contributed by atoms with Crippen molar-refractivity contribution in [3.63, 3.8) is 0 Å². The van der Waals surface area contributed by atoms with Crippen LogP contribution >= 0.6 is 0 Å². The molecule has 2 heterocycles. The van der Waals surface area contributed by atoms with E-state index in [0.717, 1.165) is 22.0 Å². The number of aryl methyl sites for hydroxylation is 1. The maximum atomic E-state index is 12.5. The molecule has 2 aromatic heterocycles. The van der Waals surface area contributed by atoms with Gasteiger partial charge in [-0.05, 0) is 30.2 Å². The lowest BCUT2D eigenvalue weighted by molar-refractivity contribution is 0.355. The lowest BCUT2D eigenvalue weighted by Gasteiger charge is -2.09. The minimum Gasteiger partial charge on any atom is -0.493 e. The zero-order chi connectivity index (χ0) is 19.0. The average Bonchev–Trinajstić information content (AvgIpc) is 2.67. The predicted octanol–water partition coefficient (Wildman–Crippen LogP) is 3.39. The summed E-state index contributed by atoms with van der Waals surface area (Å²) in [6, 6.07) is 11.5. The summed E-state index contributed by atoms with van der Waals surface area (Å²) in [5, 5.41) is 1.53. The molecule has 0 atom stereocenters. The van der Waals surface area contributed by atoms with Crippen LogP contribution in [-0.2, 0) is 6.42 Å². The number of pyridine rings is 1. The summed E-state index contributed by atoms with van der Waals surface area (Å²) in [5.41, 5.74) is 3.46. The number of fused-ring (bicyclic) bond motifs is 2. The largest absolute Gasteiger partial charge is 0.493 e. The van der Waals surface area contributed by atoms with E-state index in [-0.39, 0.29) is 5.56 Å². The molecule has 4 aromatic rings. The maximum absolute atomic E-state index is 12.5. The van der Waals surface area contributed by atoms with Crippen LogP contribution in [0.1, 0.15) is 17.0 Å². The minimum atomic E-state index is -0.208. The van der Waals surface area contributed by atoms with Gasteiger partial charge in [0.2, 0.25) is 0 Å². The van der Waals surface area contributed by atoms with E-state index in [1.165, 1.54) is 7.11 Å². The number of nitrogens with zero attached hydrogens (tertiary/aromatic N) is 2. The third kappa shape index (κ3) is 3.10. The smallest absolute Gasteiger partial charge is 0.258 e. The molecule has 0 fully saturated rings. The molecule has 2 aromatic carbocycles. The fourth-order valence-corrected chi connectivity index (χ4v) is 3.25. The monoisotopic (exact) mass is 361 g/mol. The number of aromatic nitrogens is 3. The summed E-state index contributed by atoms with van der Waals surface area (Å²) in [5.74, 6) is 1.62. The summed E-state index contributed by atoms with van der Waals surface area (Å²) < 4.78 is 10.6. The molecule has 1 N–H and O–H groups in total. The van der Waals surface area contributed by atoms with E-state index in [4.69, 9.17) is 9.47 Å². The van der Waals surface area contributed by atoms with Crippen LogP contribution in [0, 0.1) is 6.92 Å². The first-order valence-corrected chi connectivity index (χ1v) is 8.58. The van der Waals surface area contributed by atoms with Gasteiger partial charge in [0, 0.05) is 24.1 Å². The van der Waals surface area contributed by atoms with Gasteiger partial charge in [0.05, 0.1) is 30.6 Å². The summed E-state index contributed by atoms with van der Waals surface area (Å²) >= 11 is 0. The van der Waals surface area contributed by atoms with E-state index in [9.17, 15) is 4.79 Å². The molecule has 0 spiro atoms. The van der Waals surface area contributed by atoms with Crippen molar-refractivity contribution in [2.75, 3.05) is 14.2 Å². The zero-order valence-electron chi connectivity index (χ0n) is 15.4. The van der Waals surface area contributed by atoms with Crippen LogP contribution in [0.5, 0.6) is 11.5 Å². The molecule has 27 heavy (non-hydrogen) atoms. The summed E-state index contributed by atoms with van der Waals surface area (Å²) in [7, 11) is 3.09. The Hall–Kier alpha value is -3.41. The Morgan fingerprint density at radius 1 is 1.07 bits per heavy atom. The number of ether oxygens (including phenoxy) is 2. The van der Waals surface area contributed by atoms with Crippen molar-refractivity contribution in [2.24, 2.45) is 0 Å². The first-order chi connectivity index (χ1) is 13.1. The zero-order valence-corrected chi connectivity index (χ0v) is 15.4. The van der Waals surface area contributed by atoms with E-state index in [0.29, 0.717) is 34.6 Å². The lowest BCUT2D eigenvalue weighted by Crippen LogP contribution is -2.12. The molecule has 0 saturated carbocycles. The van der Waals surface area contributed by atoms with Gasteiger partial charge >= 0.3 is 0 Å². The Kier molecular flexibility index (Phi) is 4.24. The van der Waals surface area contributed by atoms with Gasteiger partial charge in [0.15, 0.2) is 11.5 Å². The normalized spacial score (nSPS) is 11.1. The predicted molar refractivity (Wildman–Crippen MR) is 105 cm³/mol. The fraction of sp³-hybridized carbons (Fsp3) is 0.190. The molecular weight excluding hydrogens is 342 g/mol. The Labute approximate surface area is 155 Å². The molecule has 0 unspecified atom stereocenters. The number of hydrogen-bond donors (Lipinski definition) is 1. The molecule has 0 saturated heterocycles. The van der Waals surface area contributed by atoms with Gasteiger partial charge in [-0.2, -0.15) is 0 Å². The van der Waals surface area contributed by atoms with Gasteiger partial charge in [0.25, 0.3) is 5.56 Å². The lowest BCUT2D eigenvalue weighted by atomic mass is 10.1. The van der Waals surface area contributed by atoms with E-state index in [1.54, 1.807) is 19.2 Å². The summed E-state index contributed by atoms with van der Waals surface area (Å²) in [4.78, 5) is 24.5. The number of methoxy groups -OCH3 is 2. The standard InChI is InChI=1S/C21H19N3O3/c1-12-5-4-6-14-7-13(11-22-20(12)14)8-19-23-16-10-18(27-3)17(26-2)9-15(16)21(25)24-19/h4-7,9-11H,8H2,1-3H3,(H,23,24,25). The second-order valence-corrected chi connectivity index (χ2v) is 6.40. The topological polar surface area (TPSA) is 77.1 Å². The number of nitrogens with one attached hydrogen (secondary N) is 1. The molecule has 0 radical (unpaired) electrons. The molecule has 136 valence electrons. The second kappa shape index (κ2) is 6.72. The van der Waals surface area contributed by atoms with Crippen molar-refractivity contribution in [1.82, 2.24) is 15.0 Å². The first-order valence-electron chi connectivity index (χ1n) is 8.58. The van der Waals surface area contributed by atoms with Gasteiger partial charge in [-0.15, -0.1) is 0 Å². The molecule has 4 rings (SSSR count). The van der Waals surface area contributed by atoms with E-state index >= 15 is 0 Å². The van der Waals surface area contributed by atoms with Gasteiger partial charge in [-0.1, -0.05) is 18.2 Å². The van der Waals surface area contributed by atoms with Crippen molar-refractivity contribution in [2.45, 2.75) is 13.3 Å². The van der Waals surface area contributed by atoms with Crippen LogP contribution in [0.4, 0.5) is 0 Å². The number of hydrogen-bond acceptors (Lipinski definition) is 5. The Morgan fingerprint density at radius 3 is 2.63 bits per heavy atom. The number of aromatic amines is 1. The number of rotatable bonds is 4. The van der Waals surface area contributed by atoms with Crippen molar-refractivity contribution in [1.29, 1.82) is 0 Å². The summed E-state index contributed by atoms with van der Waals surface area (Å²) in [6.07, 6.45) is 2.31. The van der Waals surface area contributed by atoms with Crippen LogP contribution in [-0.4, -0.2) is 29.2 Å². The van der Waals surface area contributed by atoms with Crippen LogP contribution in [0.2, 0.25) is 0 Å². The number of benzene rings is 2. The molecule has 0 aliphatic carbocycles. The van der Waals surface area contributed by atoms with Crippen molar-refractivity contribution in [3.05, 3.63) is 69.9 Å². The Balaban J connectivity index is 1.77. The Bertz CT molecular complexity index is 1210. The van der Waals surface area contributed by atoms with Crippen LogP contribution in [0.25, 0.3) is 21.8 Å². The highest BCUT2D eigenvalue weighted by molar-refractivity contribution is 5.83. The highest BCUT2D eigenvalue weighted by atomic mass is 16.5. The quantitative estimate of drug-likeness (QED) is 0.603. The van der Waals surface area contributed by atoms with Gasteiger partial charge in [-0.25, -0.2) is 4.98 Å². The highest BCUT2D eigenvalue weighted by Crippen LogP contribution is 2.30. The molecule has 0 amide bonds. The third-order valence-corrected chi connectivity index (χ3v) is 4.60. The van der Waals surface area contributed by atoms with E-state index < -0.39 is 0 Å². The van der Waals surface area contributed by atoms with Crippen LogP contribution in [0.3, 0.4) is 0 Å². The molecule has 0 aliphatic rings. The van der Waals surface area contributed by atoms with Crippen molar-refractivity contribution in [3.8, 4) is 11.5 Å². The molecule has 0 aliphatic heterocycles. The van der Waals surface area contributed by atoms with E-state index in [1.807, 2.05) is 31.3 Å². The number of H-pyrrole nitrogens is 1. The SMILES string of the molecule is COc1cc2nc(Cc3cnc4c(C)cccc4c3)[nH]c(=O)c2cc1OC. The van der Waals surface area contributed by atoms with Gasteiger partial charge in [0.1, 0.15) is 5.82 Å². The molecular formula is C21H19N3O3. The summed E-state index contributed by atoms with van der Waals surface area (Å²) in [6.45, 7) is 2.04. The molecule has 6 heteroatoms. The number of para-hydroxylation sites is 1. The van der Waals surface area contributed by atoms with Crippen molar-refractivity contribution < 1.29 is 9.47 Å². The average molecular weight is 361 g/mol. The van der Waals surface area contributed by atoms with Gasteiger partial charge < -0.3 is 14.5 Å². The van der Waals surface area contributed by atoms with Crippen LogP contribution in [0.15, 0.2) is 47.4 Å². The molecule has 6 nitrogen and oxygen atoms in total.